The predicted molar refractivity (Wildman–Crippen MR) is 69.0 cm³/mol. The summed E-state index contributed by atoms with van der Waals surface area (Å²) in [5, 5.41) is 3.35. The van der Waals surface area contributed by atoms with Crippen molar-refractivity contribution in [3.8, 4) is 0 Å². The van der Waals surface area contributed by atoms with E-state index in [9.17, 15) is 9.59 Å². The van der Waals surface area contributed by atoms with Crippen molar-refractivity contribution in [2.75, 3.05) is 33.2 Å². The molecule has 0 aliphatic carbocycles. The van der Waals surface area contributed by atoms with Crippen LogP contribution < -0.4 is 5.32 Å². The van der Waals surface area contributed by atoms with Crippen molar-refractivity contribution in [2.24, 2.45) is 5.92 Å². The summed E-state index contributed by atoms with van der Waals surface area (Å²) in [6, 6.07) is 0.401. The molecule has 1 N–H and O–H groups in total. The minimum absolute atomic E-state index is 0.0582. The molecule has 2 rings (SSSR count). The van der Waals surface area contributed by atoms with Crippen LogP contribution in [0, 0.1) is 5.92 Å². The van der Waals surface area contributed by atoms with Gasteiger partial charge >= 0.3 is 0 Å². The number of nitrogens with one attached hydrogen (secondary N) is 1. The van der Waals surface area contributed by atoms with Crippen molar-refractivity contribution >= 4 is 11.8 Å². The van der Waals surface area contributed by atoms with E-state index in [2.05, 4.69) is 12.2 Å². The van der Waals surface area contributed by atoms with Gasteiger partial charge in [0.2, 0.25) is 11.8 Å². The average Bonchev–Trinajstić information content (AvgIpc) is 2.51. The Labute approximate surface area is 108 Å². The molecule has 2 heterocycles. The molecule has 2 aliphatic heterocycles. The molecule has 0 aromatic carbocycles. The monoisotopic (exact) mass is 253 g/mol. The zero-order valence-electron chi connectivity index (χ0n) is 11.3. The lowest BCUT2D eigenvalue weighted by Crippen LogP contribution is -2.46. The second-order valence-electron chi connectivity index (χ2n) is 5.51. The van der Waals surface area contributed by atoms with Crippen molar-refractivity contribution in [3.63, 3.8) is 0 Å². The molecule has 2 unspecified atom stereocenters. The van der Waals surface area contributed by atoms with Gasteiger partial charge in [-0.05, 0) is 32.7 Å². The zero-order valence-corrected chi connectivity index (χ0v) is 11.3. The Morgan fingerprint density at radius 1 is 1.39 bits per heavy atom. The normalized spacial score (nSPS) is 30.2. The van der Waals surface area contributed by atoms with Gasteiger partial charge in [-0.15, -0.1) is 0 Å². The molecule has 2 amide bonds. The van der Waals surface area contributed by atoms with Crippen LogP contribution in [0.3, 0.4) is 0 Å². The highest BCUT2D eigenvalue weighted by Gasteiger charge is 2.30. The molecule has 2 atom stereocenters. The fourth-order valence-electron chi connectivity index (χ4n) is 2.79. The molecule has 0 aromatic heterocycles. The van der Waals surface area contributed by atoms with E-state index in [4.69, 9.17) is 0 Å². The van der Waals surface area contributed by atoms with Crippen molar-refractivity contribution in [3.05, 3.63) is 0 Å². The highest BCUT2D eigenvalue weighted by Crippen LogP contribution is 2.19. The zero-order chi connectivity index (χ0) is 13.1. The van der Waals surface area contributed by atoms with Crippen molar-refractivity contribution < 1.29 is 9.59 Å². The van der Waals surface area contributed by atoms with Gasteiger partial charge < -0.3 is 15.1 Å². The van der Waals surface area contributed by atoms with Gasteiger partial charge in [0.15, 0.2) is 0 Å². The summed E-state index contributed by atoms with van der Waals surface area (Å²) in [7, 11) is 1.81. The van der Waals surface area contributed by atoms with Crippen LogP contribution >= 0.6 is 0 Å². The molecule has 18 heavy (non-hydrogen) atoms. The van der Waals surface area contributed by atoms with Crippen molar-refractivity contribution in [1.82, 2.24) is 15.1 Å². The van der Waals surface area contributed by atoms with E-state index in [1.165, 1.54) is 0 Å². The van der Waals surface area contributed by atoms with E-state index in [1.54, 1.807) is 9.80 Å². The lowest BCUT2D eigenvalue weighted by Gasteiger charge is -2.31. The van der Waals surface area contributed by atoms with E-state index >= 15 is 0 Å². The second-order valence-corrected chi connectivity index (χ2v) is 5.51. The van der Waals surface area contributed by atoms with Crippen LogP contribution in [0.4, 0.5) is 0 Å². The summed E-state index contributed by atoms with van der Waals surface area (Å²) in [6.07, 6.45) is 2.66. The van der Waals surface area contributed by atoms with Gasteiger partial charge in [0, 0.05) is 32.1 Å². The summed E-state index contributed by atoms with van der Waals surface area (Å²) in [4.78, 5) is 27.7. The number of hydrogen-bond acceptors (Lipinski definition) is 3. The number of nitrogens with zero attached hydrogens (tertiary/aromatic N) is 2. The molecule has 2 fully saturated rings. The lowest BCUT2D eigenvalue weighted by atomic mass is 9.92. The highest BCUT2D eigenvalue weighted by atomic mass is 16.2. The van der Waals surface area contributed by atoms with Crippen LogP contribution in [0.2, 0.25) is 0 Å². The smallest absolute Gasteiger partial charge is 0.241 e. The molecule has 5 nitrogen and oxygen atoms in total. The third-order valence-corrected chi connectivity index (χ3v) is 3.96. The van der Waals surface area contributed by atoms with Gasteiger partial charge in [0.25, 0.3) is 0 Å². The number of hydrogen-bond donors (Lipinski definition) is 1. The summed E-state index contributed by atoms with van der Waals surface area (Å²) in [5.74, 6) is 0.326. The van der Waals surface area contributed by atoms with Crippen LogP contribution in [-0.2, 0) is 9.59 Å². The van der Waals surface area contributed by atoms with Gasteiger partial charge in [-0.1, -0.05) is 0 Å². The highest BCUT2D eigenvalue weighted by molar-refractivity contribution is 5.86. The van der Waals surface area contributed by atoms with Crippen molar-refractivity contribution in [2.45, 2.75) is 32.2 Å². The van der Waals surface area contributed by atoms with Gasteiger partial charge in [-0.2, -0.15) is 0 Å². The summed E-state index contributed by atoms with van der Waals surface area (Å²) in [5.41, 5.74) is 0. The SMILES string of the molecule is CC1CC(C(=O)N2CCCN(C)C(=O)C2)CCN1. The number of likely N-dealkylation sites (N-methyl/N-ethyl adjacent to an activating group) is 1. The number of piperidine rings is 1. The quantitative estimate of drug-likeness (QED) is 0.719. The van der Waals surface area contributed by atoms with Crippen LogP contribution in [0.15, 0.2) is 0 Å². The first-order chi connectivity index (χ1) is 8.58. The van der Waals surface area contributed by atoms with Crippen LogP contribution in [0.5, 0.6) is 0 Å². The topological polar surface area (TPSA) is 52.7 Å². The molecular formula is C13H23N3O2. The Bertz CT molecular complexity index is 332. The average molecular weight is 253 g/mol. The van der Waals surface area contributed by atoms with Crippen LogP contribution in [-0.4, -0.2) is 60.9 Å². The first-order valence-electron chi connectivity index (χ1n) is 6.84. The molecule has 0 bridgehead atoms. The largest absolute Gasteiger partial charge is 0.344 e. The molecule has 0 saturated carbocycles. The Balaban J connectivity index is 1.97. The lowest BCUT2D eigenvalue weighted by molar-refractivity contribution is -0.141. The van der Waals surface area contributed by atoms with E-state index in [1.807, 2.05) is 7.05 Å². The second kappa shape index (κ2) is 5.69. The van der Waals surface area contributed by atoms with E-state index in [0.29, 0.717) is 12.6 Å². The number of rotatable bonds is 1. The van der Waals surface area contributed by atoms with E-state index in [-0.39, 0.29) is 24.3 Å². The Morgan fingerprint density at radius 3 is 2.89 bits per heavy atom. The third-order valence-electron chi connectivity index (χ3n) is 3.96. The van der Waals surface area contributed by atoms with Gasteiger partial charge in [-0.3, -0.25) is 9.59 Å². The van der Waals surface area contributed by atoms with E-state index in [0.717, 1.165) is 32.4 Å². The number of amides is 2. The fourth-order valence-corrected chi connectivity index (χ4v) is 2.79. The summed E-state index contributed by atoms with van der Waals surface area (Å²) in [6.45, 7) is 4.74. The summed E-state index contributed by atoms with van der Waals surface area (Å²) < 4.78 is 0. The van der Waals surface area contributed by atoms with Gasteiger partial charge in [0.05, 0.1) is 6.54 Å². The standard InChI is InChI=1S/C13H23N3O2/c1-10-8-11(4-5-14-10)13(18)16-7-3-6-15(2)12(17)9-16/h10-11,14H,3-9H2,1-2H3. The van der Waals surface area contributed by atoms with Gasteiger partial charge in [0.1, 0.15) is 0 Å². The van der Waals surface area contributed by atoms with Gasteiger partial charge in [-0.25, -0.2) is 0 Å². The Morgan fingerprint density at radius 2 is 2.17 bits per heavy atom. The molecule has 0 aromatic rings. The predicted octanol–water partition coefficient (Wildman–Crippen LogP) is 0.0652. The minimum atomic E-state index is 0.0582. The molecule has 0 radical (unpaired) electrons. The maximum absolute atomic E-state index is 12.4. The minimum Gasteiger partial charge on any atom is -0.344 e. The molecule has 0 spiro atoms. The number of carbonyl (C=O) groups excluding carboxylic acids is 2. The van der Waals surface area contributed by atoms with Crippen molar-refractivity contribution in [1.29, 1.82) is 0 Å². The molecular weight excluding hydrogens is 230 g/mol. The molecule has 5 heteroatoms. The fraction of sp³-hybridized carbons (Fsp3) is 0.846. The molecule has 2 aliphatic rings. The van der Waals surface area contributed by atoms with E-state index < -0.39 is 0 Å². The maximum atomic E-state index is 12.4. The maximum Gasteiger partial charge on any atom is 0.241 e. The van der Waals surface area contributed by atoms with Crippen LogP contribution in [0.1, 0.15) is 26.2 Å². The summed E-state index contributed by atoms with van der Waals surface area (Å²) >= 11 is 0. The third kappa shape index (κ3) is 3.02. The first kappa shape index (κ1) is 13.3. The van der Waals surface area contributed by atoms with Crippen LogP contribution in [0.25, 0.3) is 0 Å². The Kier molecular flexibility index (Phi) is 4.22. The number of carbonyl (C=O) groups is 2. The molecule has 2 saturated heterocycles. The Hall–Kier alpha value is -1.10. The molecule has 102 valence electrons. The first-order valence-corrected chi connectivity index (χ1v) is 6.84.